The Morgan fingerprint density at radius 1 is 1.18 bits per heavy atom. The summed E-state index contributed by atoms with van der Waals surface area (Å²) < 4.78 is 5.24. The van der Waals surface area contributed by atoms with Crippen LogP contribution in [0.3, 0.4) is 0 Å². The molecule has 2 aromatic rings. The van der Waals surface area contributed by atoms with Gasteiger partial charge in [-0.05, 0) is 37.1 Å². The molecule has 2 aromatic carbocycles. The summed E-state index contributed by atoms with van der Waals surface area (Å²) in [5, 5.41) is 17.1. The molecular formula is C26H26ClN3O3S. The Balaban J connectivity index is 1.95. The number of rotatable bonds is 9. The van der Waals surface area contributed by atoms with Crippen molar-refractivity contribution < 1.29 is 14.3 Å². The molecule has 176 valence electrons. The molecule has 1 atom stereocenters. The molecule has 1 aliphatic rings. The van der Waals surface area contributed by atoms with Gasteiger partial charge in [0, 0.05) is 22.0 Å². The number of nitrogens with one attached hydrogen (secondary N) is 2. The highest BCUT2D eigenvalue weighted by atomic mass is 35.5. The van der Waals surface area contributed by atoms with Gasteiger partial charge in [-0.25, -0.2) is 0 Å². The number of dihydropyridines is 1. The summed E-state index contributed by atoms with van der Waals surface area (Å²) in [5.41, 5.74) is 2.58. The molecule has 1 amide bonds. The zero-order valence-electron chi connectivity index (χ0n) is 19.1. The maximum atomic E-state index is 13.4. The van der Waals surface area contributed by atoms with Gasteiger partial charge in [0.05, 0.1) is 34.9 Å². The number of amides is 1. The van der Waals surface area contributed by atoms with Crippen LogP contribution in [-0.4, -0.2) is 24.2 Å². The third kappa shape index (κ3) is 6.22. The number of hydrogen-bond acceptors (Lipinski definition) is 6. The van der Waals surface area contributed by atoms with Crippen molar-refractivity contribution in [1.29, 1.82) is 5.26 Å². The molecule has 3 rings (SSSR count). The Hall–Kier alpha value is -3.21. The predicted molar refractivity (Wildman–Crippen MR) is 136 cm³/mol. The molecule has 2 N–H and O–H groups in total. The number of ether oxygens (including phenoxy) is 1. The van der Waals surface area contributed by atoms with Gasteiger partial charge in [0.25, 0.3) is 5.91 Å². The highest BCUT2D eigenvalue weighted by Gasteiger charge is 2.36. The zero-order valence-corrected chi connectivity index (χ0v) is 20.6. The molecule has 0 saturated carbocycles. The summed E-state index contributed by atoms with van der Waals surface area (Å²) in [4.78, 5) is 25.5. The second-order valence-corrected chi connectivity index (χ2v) is 9.05. The number of para-hydroxylation sites is 1. The molecule has 0 fully saturated rings. The SMILES string of the molecule is CCCCOC(=O)CSC1=C(C#N)[C@@H](c2ccccc2Cl)C(C(=O)Nc2ccccc2)=C(C)N1. The van der Waals surface area contributed by atoms with Crippen molar-refractivity contribution in [3.05, 3.63) is 87.1 Å². The van der Waals surface area contributed by atoms with E-state index in [1.54, 1.807) is 37.3 Å². The van der Waals surface area contributed by atoms with Gasteiger partial charge in [0.15, 0.2) is 0 Å². The fraction of sp³-hybridized carbons (Fsp3) is 0.269. The second kappa shape index (κ2) is 12.3. The summed E-state index contributed by atoms with van der Waals surface area (Å²) in [5.74, 6) is -1.33. The van der Waals surface area contributed by atoms with Gasteiger partial charge in [0.2, 0.25) is 0 Å². The summed E-state index contributed by atoms with van der Waals surface area (Å²) in [6.07, 6.45) is 1.74. The molecule has 6 nitrogen and oxygen atoms in total. The van der Waals surface area contributed by atoms with Crippen molar-refractivity contribution in [2.24, 2.45) is 0 Å². The van der Waals surface area contributed by atoms with E-state index in [-0.39, 0.29) is 17.6 Å². The van der Waals surface area contributed by atoms with Crippen molar-refractivity contribution in [1.82, 2.24) is 5.32 Å². The third-order valence-electron chi connectivity index (χ3n) is 5.24. The fourth-order valence-corrected chi connectivity index (χ4v) is 4.71. The molecule has 0 bridgehead atoms. The Kier molecular flexibility index (Phi) is 9.20. The number of hydrogen-bond donors (Lipinski definition) is 2. The number of halogens is 1. The van der Waals surface area contributed by atoms with Crippen LogP contribution < -0.4 is 10.6 Å². The average Bonchev–Trinajstić information content (AvgIpc) is 2.83. The zero-order chi connectivity index (χ0) is 24.5. The number of allylic oxidation sites excluding steroid dienone is 2. The standard InChI is InChI=1S/C26H26ClN3O3S/c1-3-4-14-33-22(31)16-34-26-20(15-28)24(19-12-8-9-13-21(19)27)23(17(2)29-26)25(32)30-18-10-6-5-7-11-18/h5-13,24,29H,3-4,14,16H2,1-2H3,(H,30,32)/t24-/m1/s1. The van der Waals surface area contributed by atoms with Gasteiger partial charge in [0.1, 0.15) is 0 Å². The van der Waals surface area contributed by atoms with E-state index in [2.05, 4.69) is 16.7 Å². The minimum absolute atomic E-state index is 0.0469. The largest absolute Gasteiger partial charge is 0.465 e. The number of benzene rings is 2. The van der Waals surface area contributed by atoms with Gasteiger partial charge in [-0.15, -0.1) is 0 Å². The topological polar surface area (TPSA) is 91.2 Å². The van der Waals surface area contributed by atoms with Crippen molar-refractivity contribution in [3.63, 3.8) is 0 Å². The number of nitriles is 1. The molecule has 0 aromatic heterocycles. The summed E-state index contributed by atoms with van der Waals surface area (Å²) in [6.45, 7) is 4.17. The molecule has 1 aliphatic heterocycles. The first-order valence-electron chi connectivity index (χ1n) is 11.0. The molecule has 0 unspecified atom stereocenters. The molecule has 1 heterocycles. The minimum atomic E-state index is -0.692. The molecule has 0 aliphatic carbocycles. The molecule has 0 radical (unpaired) electrons. The molecule has 8 heteroatoms. The van der Waals surface area contributed by atoms with Crippen LogP contribution in [0.15, 0.2) is 76.5 Å². The van der Waals surface area contributed by atoms with Crippen LogP contribution in [0, 0.1) is 11.3 Å². The first-order chi connectivity index (χ1) is 16.5. The molecule has 34 heavy (non-hydrogen) atoms. The predicted octanol–water partition coefficient (Wildman–Crippen LogP) is 5.75. The Morgan fingerprint density at radius 2 is 1.88 bits per heavy atom. The van der Waals surface area contributed by atoms with Crippen molar-refractivity contribution >= 4 is 40.9 Å². The first kappa shape index (κ1) is 25.4. The lowest BCUT2D eigenvalue weighted by molar-refractivity contribution is -0.140. The maximum absolute atomic E-state index is 13.4. The lowest BCUT2D eigenvalue weighted by Crippen LogP contribution is -2.31. The van der Waals surface area contributed by atoms with E-state index in [0.717, 1.165) is 12.8 Å². The summed E-state index contributed by atoms with van der Waals surface area (Å²) in [6, 6.07) is 18.5. The van der Waals surface area contributed by atoms with Gasteiger partial charge in [-0.2, -0.15) is 5.26 Å². The number of esters is 1. The van der Waals surface area contributed by atoms with Crippen LogP contribution in [0.25, 0.3) is 0 Å². The van der Waals surface area contributed by atoms with E-state index in [1.807, 2.05) is 31.2 Å². The Morgan fingerprint density at radius 3 is 2.56 bits per heavy atom. The number of carbonyl (C=O) groups is 2. The van der Waals surface area contributed by atoms with E-state index in [4.69, 9.17) is 16.3 Å². The van der Waals surface area contributed by atoms with E-state index < -0.39 is 5.92 Å². The number of unbranched alkanes of at least 4 members (excludes halogenated alkanes) is 1. The van der Waals surface area contributed by atoms with E-state index in [9.17, 15) is 14.9 Å². The number of nitrogens with zero attached hydrogens (tertiary/aromatic N) is 1. The van der Waals surface area contributed by atoms with Crippen LogP contribution in [0.2, 0.25) is 5.02 Å². The molecule has 0 saturated heterocycles. The van der Waals surface area contributed by atoms with E-state index in [0.29, 0.717) is 44.8 Å². The minimum Gasteiger partial charge on any atom is -0.465 e. The van der Waals surface area contributed by atoms with Gasteiger partial charge in [-0.1, -0.05) is 73.1 Å². The lowest BCUT2D eigenvalue weighted by atomic mass is 9.82. The van der Waals surface area contributed by atoms with Crippen molar-refractivity contribution in [2.45, 2.75) is 32.6 Å². The Labute approximate surface area is 209 Å². The molecular weight excluding hydrogens is 470 g/mol. The smallest absolute Gasteiger partial charge is 0.316 e. The summed E-state index contributed by atoms with van der Waals surface area (Å²) >= 11 is 7.70. The van der Waals surface area contributed by atoms with Crippen molar-refractivity contribution in [2.75, 3.05) is 17.7 Å². The van der Waals surface area contributed by atoms with Crippen LogP contribution >= 0.6 is 23.4 Å². The third-order valence-corrected chi connectivity index (χ3v) is 6.57. The average molecular weight is 496 g/mol. The molecule has 0 spiro atoms. The Bertz CT molecular complexity index is 1160. The number of anilines is 1. The quantitative estimate of drug-likeness (QED) is 0.340. The monoisotopic (exact) mass is 495 g/mol. The van der Waals surface area contributed by atoms with Crippen molar-refractivity contribution in [3.8, 4) is 6.07 Å². The van der Waals surface area contributed by atoms with Gasteiger partial charge in [-0.3, -0.25) is 9.59 Å². The summed E-state index contributed by atoms with van der Waals surface area (Å²) in [7, 11) is 0. The van der Waals surface area contributed by atoms with E-state index in [1.165, 1.54) is 11.8 Å². The van der Waals surface area contributed by atoms with Crippen LogP contribution in [0.4, 0.5) is 5.69 Å². The number of carbonyl (C=O) groups excluding carboxylic acids is 2. The van der Waals surface area contributed by atoms with Gasteiger partial charge < -0.3 is 15.4 Å². The highest BCUT2D eigenvalue weighted by Crippen LogP contribution is 2.43. The van der Waals surface area contributed by atoms with Gasteiger partial charge >= 0.3 is 5.97 Å². The number of thioether (sulfide) groups is 1. The first-order valence-corrected chi connectivity index (χ1v) is 12.3. The van der Waals surface area contributed by atoms with Crippen LogP contribution in [0.5, 0.6) is 0 Å². The van der Waals surface area contributed by atoms with E-state index >= 15 is 0 Å². The normalized spacial score (nSPS) is 15.4. The van der Waals surface area contributed by atoms with Crippen LogP contribution in [0.1, 0.15) is 38.2 Å². The maximum Gasteiger partial charge on any atom is 0.316 e. The second-order valence-electron chi connectivity index (χ2n) is 7.66. The highest BCUT2D eigenvalue weighted by molar-refractivity contribution is 8.03. The fourth-order valence-electron chi connectivity index (χ4n) is 3.57. The van der Waals surface area contributed by atoms with Crippen LogP contribution in [-0.2, 0) is 14.3 Å². The lowest BCUT2D eigenvalue weighted by Gasteiger charge is -2.30.